The van der Waals surface area contributed by atoms with Gasteiger partial charge in [0, 0.05) is 21.7 Å². The first kappa shape index (κ1) is 16.6. The van der Waals surface area contributed by atoms with Crippen molar-refractivity contribution in [3.05, 3.63) is 52.0 Å². The van der Waals surface area contributed by atoms with E-state index in [-0.39, 0.29) is 13.4 Å². The van der Waals surface area contributed by atoms with E-state index in [2.05, 4.69) is 0 Å². The summed E-state index contributed by atoms with van der Waals surface area (Å²) in [4.78, 5) is 10.9. The lowest BCUT2D eigenvalue weighted by Gasteiger charge is -2.21. The summed E-state index contributed by atoms with van der Waals surface area (Å²) in [5.74, 6) is 1.83. The number of fused-ring (bicyclic) bond motifs is 1. The van der Waals surface area contributed by atoms with Crippen LogP contribution >= 0.6 is 11.6 Å². The number of aldehydes is 1. The zero-order valence-electron chi connectivity index (χ0n) is 13.2. The Balaban J connectivity index is 1.83. The molecule has 6 heteroatoms. The van der Waals surface area contributed by atoms with E-state index in [0.29, 0.717) is 35.3 Å². The fourth-order valence-corrected chi connectivity index (χ4v) is 2.77. The number of benzene rings is 2. The average Bonchev–Trinajstić information content (AvgIpc) is 2.60. The maximum absolute atomic E-state index is 10.9. The SMILES string of the molecule is CCOc1cc(C=O)ccc1OCc1cc(Cl)cc2c1OCOC2. The van der Waals surface area contributed by atoms with Crippen LogP contribution in [0.15, 0.2) is 30.3 Å². The Morgan fingerprint density at radius 2 is 2.08 bits per heavy atom. The molecular weight excluding hydrogens is 332 g/mol. The van der Waals surface area contributed by atoms with E-state index in [0.717, 1.165) is 23.2 Å². The van der Waals surface area contributed by atoms with Gasteiger partial charge in [-0.15, -0.1) is 0 Å². The Bertz CT molecular complexity index is 744. The fraction of sp³-hybridized carbons (Fsp3) is 0.278. The highest BCUT2D eigenvalue weighted by molar-refractivity contribution is 6.30. The molecule has 3 rings (SSSR count). The first-order valence-corrected chi connectivity index (χ1v) is 7.95. The topological polar surface area (TPSA) is 54.0 Å². The number of hydrogen-bond acceptors (Lipinski definition) is 5. The molecule has 0 aromatic heterocycles. The van der Waals surface area contributed by atoms with Gasteiger partial charge in [-0.05, 0) is 37.3 Å². The molecule has 2 aromatic carbocycles. The predicted molar refractivity (Wildman–Crippen MR) is 89.1 cm³/mol. The number of carbonyl (C=O) groups is 1. The van der Waals surface area contributed by atoms with Crippen LogP contribution < -0.4 is 14.2 Å². The van der Waals surface area contributed by atoms with Crippen LogP contribution in [0.1, 0.15) is 28.4 Å². The summed E-state index contributed by atoms with van der Waals surface area (Å²) in [5.41, 5.74) is 2.27. The molecule has 24 heavy (non-hydrogen) atoms. The maximum atomic E-state index is 10.9. The van der Waals surface area contributed by atoms with Gasteiger partial charge in [-0.25, -0.2) is 0 Å². The second kappa shape index (κ2) is 7.55. The van der Waals surface area contributed by atoms with Crippen LogP contribution in [0.2, 0.25) is 5.02 Å². The predicted octanol–water partition coefficient (Wildman–Crippen LogP) is 4.00. The zero-order chi connectivity index (χ0) is 16.9. The standard InChI is InChI=1S/C18H17ClO5/c1-2-22-17-5-12(8-20)3-4-16(17)23-10-14-7-15(19)6-13-9-21-11-24-18(13)14/h3-8H,2,9-11H2,1H3. The molecule has 1 aliphatic heterocycles. The van der Waals surface area contributed by atoms with Crippen molar-refractivity contribution < 1.29 is 23.7 Å². The lowest BCUT2D eigenvalue weighted by atomic mass is 10.1. The third-order valence-corrected chi connectivity index (χ3v) is 3.76. The van der Waals surface area contributed by atoms with Crippen molar-refractivity contribution in [3.8, 4) is 17.2 Å². The molecule has 0 saturated carbocycles. The van der Waals surface area contributed by atoms with E-state index in [1.165, 1.54) is 0 Å². The Kier molecular flexibility index (Phi) is 5.23. The number of hydrogen-bond donors (Lipinski definition) is 0. The second-order valence-electron chi connectivity index (χ2n) is 5.21. The molecule has 0 N–H and O–H groups in total. The van der Waals surface area contributed by atoms with Crippen LogP contribution in [-0.4, -0.2) is 19.7 Å². The molecule has 1 heterocycles. The lowest BCUT2D eigenvalue weighted by molar-refractivity contribution is -0.0175. The van der Waals surface area contributed by atoms with Crippen molar-refractivity contribution in [2.75, 3.05) is 13.4 Å². The van der Waals surface area contributed by atoms with Gasteiger partial charge >= 0.3 is 0 Å². The Hall–Kier alpha value is -2.24. The highest BCUT2D eigenvalue weighted by atomic mass is 35.5. The Morgan fingerprint density at radius 1 is 1.21 bits per heavy atom. The Labute approximate surface area is 145 Å². The number of ether oxygens (including phenoxy) is 4. The van der Waals surface area contributed by atoms with Crippen LogP contribution in [0.3, 0.4) is 0 Å². The van der Waals surface area contributed by atoms with Crippen LogP contribution in [-0.2, 0) is 18.0 Å². The van der Waals surface area contributed by atoms with Crippen molar-refractivity contribution in [2.45, 2.75) is 20.1 Å². The van der Waals surface area contributed by atoms with Gasteiger partial charge in [0.15, 0.2) is 18.3 Å². The largest absolute Gasteiger partial charge is 0.490 e. The van der Waals surface area contributed by atoms with E-state index < -0.39 is 0 Å². The van der Waals surface area contributed by atoms with Crippen molar-refractivity contribution in [1.29, 1.82) is 0 Å². The molecule has 0 amide bonds. The van der Waals surface area contributed by atoms with Gasteiger partial charge in [-0.3, -0.25) is 4.79 Å². The number of carbonyl (C=O) groups excluding carboxylic acids is 1. The average molecular weight is 349 g/mol. The van der Waals surface area contributed by atoms with Crippen LogP contribution in [0.4, 0.5) is 0 Å². The van der Waals surface area contributed by atoms with Gasteiger partial charge in [0.1, 0.15) is 18.6 Å². The summed E-state index contributed by atoms with van der Waals surface area (Å²) >= 11 is 6.15. The normalized spacial score (nSPS) is 12.9. The third kappa shape index (κ3) is 3.63. The van der Waals surface area contributed by atoms with Gasteiger partial charge in [0.25, 0.3) is 0 Å². The molecule has 5 nitrogen and oxygen atoms in total. The van der Waals surface area contributed by atoms with Crippen LogP contribution in [0.25, 0.3) is 0 Å². The summed E-state index contributed by atoms with van der Waals surface area (Å²) in [6, 6.07) is 8.69. The monoisotopic (exact) mass is 348 g/mol. The number of halogens is 1. The molecule has 0 radical (unpaired) electrons. The molecule has 126 valence electrons. The molecular formula is C18H17ClO5. The van der Waals surface area contributed by atoms with E-state index in [1.54, 1.807) is 18.2 Å². The summed E-state index contributed by atoms with van der Waals surface area (Å²) in [7, 11) is 0. The van der Waals surface area contributed by atoms with Gasteiger partial charge in [-0.2, -0.15) is 0 Å². The summed E-state index contributed by atoms with van der Waals surface area (Å²) in [6.07, 6.45) is 0.771. The molecule has 2 aromatic rings. The fourth-order valence-electron chi connectivity index (χ4n) is 2.50. The van der Waals surface area contributed by atoms with Crippen molar-refractivity contribution in [3.63, 3.8) is 0 Å². The van der Waals surface area contributed by atoms with Gasteiger partial charge < -0.3 is 18.9 Å². The first-order valence-electron chi connectivity index (χ1n) is 7.58. The van der Waals surface area contributed by atoms with E-state index in [1.807, 2.05) is 19.1 Å². The smallest absolute Gasteiger partial charge is 0.189 e. The first-order chi connectivity index (χ1) is 11.7. The van der Waals surface area contributed by atoms with Crippen molar-refractivity contribution >= 4 is 17.9 Å². The molecule has 0 fully saturated rings. The molecule has 0 saturated heterocycles. The summed E-state index contributed by atoms with van der Waals surface area (Å²) in [6.45, 7) is 3.29. The quantitative estimate of drug-likeness (QED) is 0.739. The summed E-state index contributed by atoms with van der Waals surface area (Å²) < 4.78 is 22.3. The highest BCUT2D eigenvalue weighted by Crippen LogP contribution is 2.34. The molecule has 0 bridgehead atoms. The minimum atomic E-state index is 0.208. The van der Waals surface area contributed by atoms with Gasteiger partial charge in [0.2, 0.25) is 0 Å². The molecule has 0 unspecified atom stereocenters. The van der Waals surface area contributed by atoms with E-state index in [9.17, 15) is 4.79 Å². The lowest BCUT2D eigenvalue weighted by Crippen LogP contribution is -2.14. The van der Waals surface area contributed by atoms with Gasteiger partial charge in [-0.1, -0.05) is 11.6 Å². The molecule has 0 spiro atoms. The third-order valence-electron chi connectivity index (χ3n) is 3.54. The highest BCUT2D eigenvalue weighted by Gasteiger charge is 2.17. The van der Waals surface area contributed by atoms with Crippen LogP contribution in [0, 0.1) is 0 Å². The molecule has 0 atom stereocenters. The molecule has 1 aliphatic rings. The van der Waals surface area contributed by atoms with E-state index >= 15 is 0 Å². The van der Waals surface area contributed by atoms with Crippen LogP contribution in [0.5, 0.6) is 17.2 Å². The minimum Gasteiger partial charge on any atom is -0.490 e. The maximum Gasteiger partial charge on any atom is 0.189 e. The summed E-state index contributed by atoms with van der Waals surface area (Å²) in [5, 5.41) is 0.600. The van der Waals surface area contributed by atoms with Gasteiger partial charge in [0.05, 0.1) is 13.2 Å². The minimum absolute atomic E-state index is 0.208. The number of rotatable bonds is 6. The second-order valence-corrected chi connectivity index (χ2v) is 5.65. The Morgan fingerprint density at radius 3 is 2.88 bits per heavy atom. The van der Waals surface area contributed by atoms with E-state index in [4.69, 9.17) is 30.5 Å². The molecule has 0 aliphatic carbocycles. The van der Waals surface area contributed by atoms with Crippen molar-refractivity contribution in [1.82, 2.24) is 0 Å². The van der Waals surface area contributed by atoms with Crippen molar-refractivity contribution in [2.24, 2.45) is 0 Å². The zero-order valence-corrected chi connectivity index (χ0v) is 14.0.